The molecule has 0 saturated carbocycles. The third-order valence-electron chi connectivity index (χ3n) is 1.87. The van der Waals surface area contributed by atoms with E-state index in [9.17, 15) is 0 Å². The molecule has 0 aromatic heterocycles. The molecule has 2 heteroatoms. The lowest BCUT2D eigenvalue weighted by molar-refractivity contribution is 1.21. The van der Waals surface area contributed by atoms with Crippen molar-refractivity contribution in [3.05, 3.63) is 35.9 Å². The molecule has 0 bridgehead atoms. The quantitative estimate of drug-likeness (QED) is 0.548. The standard InChI is InChI=1S/C11H16N2/c1-8(2)7-13-11-9(3)5-4-6-10(11)12/h4-6,13H,1,7,12H2,2-3H3. The number of hydrogen-bond acceptors (Lipinski definition) is 2. The third kappa shape index (κ3) is 2.51. The van der Waals surface area contributed by atoms with Crippen molar-refractivity contribution in [2.45, 2.75) is 13.8 Å². The zero-order valence-corrected chi connectivity index (χ0v) is 8.22. The number of rotatable bonds is 3. The van der Waals surface area contributed by atoms with Crippen LogP contribution in [0.15, 0.2) is 30.4 Å². The SMILES string of the molecule is C=C(C)CNc1c(C)cccc1N. The van der Waals surface area contributed by atoms with Crippen LogP contribution in [0, 0.1) is 6.92 Å². The van der Waals surface area contributed by atoms with Crippen LogP contribution < -0.4 is 11.1 Å². The van der Waals surface area contributed by atoms with E-state index in [1.807, 2.05) is 32.0 Å². The second-order valence-electron chi connectivity index (χ2n) is 3.35. The minimum absolute atomic E-state index is 0.773. The second-order valence-corrected chi connectivity index (χ2v) is 3.35. The lowest BCUT2D eigenvalue weighted by Gasteiger charge is -2.11. The molecule has 0 radical (unpaired) electrons. The van der Waals surface area contributed by atoms with Crippen molar-refractivity contribution in [2.24, 2.45) is 0 Å². The fourth-order valence-electron chi connectivity index (χ4n) is 1.17. The first-order valence-electron chi connectivity index (χ1n) is 4.34. The number of nitrogens with one attached hydrogen (secondary N) is 1. The molecule has 0 atom stereocenters. The van der Waals surface area contributed by atoms with Crippen LogP contribution in [-0.2, 0) is 0 Å². The Morgan fingerprint density at radius 1 is 1.54 bits per heavy atom. The number of aryl methyl sites for hydroxylation is 1. The first-order valence-corrected chi connectivity index (χ1v) is 4.34. The molecule has 0 saturated heterocycles. The van der Waals surface area contributed by atoms with Crippen molar-refractivity contribution in [2.75, 3.05) is 17.6 Å². The van der Waals surface area contributed by atoms with Gasteiger partial charge in [0.25, 0.3) is 0 Å². The molecular weight excluding hydrogens is 160 g/mol. The summed E-state index contributed by atoms with van der Waals surface area (Å²) in [6.07, 6.45) is 0. The highest BCUT2D eigenvalue weighted by atomic mass is 14.9. The predicted molar refractivity (Wildman–Crippen MR) is 58.9 cm³/mol. The first-order chi connectivity index (χ1) is 6.11. The Morgan fingerprint density at radius 3 is 2.77 bits per heavy atom. The fraction of sp³-hybridized carbons (Fsp3) is 0.273. The van der Waals surface area contributed by atoms with Crippen LogP contribution in [0.4, 0.5) is 11.4 Å². The largest absolute Gasteiger partial charge is 0.397 e. The van der Waals surface area contributed by atoms with Gasteiger partial charge in [-0.05, 0) is 25.5 Å². The van der Waals surface area contributed by atoms with E-state index >= 15 is 0 Å². The zero-order valence-electron chi connectivity index (χ0n) is 8.22. The van der Waals surface area contributed by atoms with Crippen molar-refractivity contribution in [1.82, 2.24) is 0 Å². The highest BCUT2D eigenvalue weighted by Gasteiger charge is 2.00. The summed E-state index contributed by atoms with van der Waals surface area (Å²) >= 11 is 0. The van der Waals surface area contributed by atoms with Gasteiger partial charge in [-0.3, -0.25) is 0 Å². The molecule has 1 rings (SSSR count). The highest BCUT2D eigenvalue weighted by molar-refractivity contribution is 5.70. The van der Waals surface area contributed by atoms with Gasteiger partial charge in [-0.2, -0.15) is 0 Å². The lowest BCUT2D eigenvalue weighted by atomic mass is 10.1. The van der Waals surface area contributed by atoms with Crippen LogP contribution in [0.2, 0.25) is 0 Å². The van der Waals surface area contributed by atoms with Gasteiger partial charge in [0.15, 0.2) is 0 Å². The van der Waals surface area contributed by atoms with Crippen molar-refractivity contribution < 1.29 is 0 Å². The molecular formula is C11H16N2. The molecule has 1 aromatic carbocycles. The summed E-state index contributed by atoms with van der Waals surface area (Å²) in [6.45, 7) is 8.63. The Balaban J connectivity index is 2.81. The zero-order chi connectivity index (χ0) is 9.84. The number of para-hydroxylation sites is 1. The average molecular weight is 176 g/mol. The number of anilines is 2. The van der Waals surface area contributed by atoms with E-state index in [2.05, 4.69) is 11.9 Å². The van der Waals surface area contributed by atoms with Gasteiger partial charge in [-0.15, -0.1) is 0 Å². The van der Waals surface area contributed by atoms with E-state index in [-0.39, 0.29) is 0 Å². The minimum atomic E-state index is 0.773. The van der Waals surface area contributed by atoms with E-state index in [0.717, 1.165) is 23.5 Å². The normalized spacial score (nSPS) is 9.69. The van der Waals surface area contributed by atoms with Crippen LogP contribution in [-0.4, -0.2) is 6.54 Å². The lowest BCUT2D eigenvalue weighted by Crippen LogP contribution is -2.05. The molecule has 3 N–H and O–H groups in total. The summed E-state index contributed by atoms with van der Waals surface area (Å²) in [7, 11) is 0. The molecule has 0 aliphatic heterocycles. The third-order valence-corrected chi connectivity index (χ3v) is 1.87. The van der Waals surface area contributed by atoms with Crippen molar-refractivity contribution in [3.8, 4) is 0 Å². The van der Waals surface area contributed by atoms with Crippen molar-refractivity contribution >= 4 is 11.4 Å². The van der Waals surface area contributed by atoms with E-state index in [1.165, 1.54) is 5.56 Å². The molecule has 0 aliphatic carbocycles. The molecule has 1 aromatic rings. The van der Waals surface area contributed by atoms with Gasteiger partial charge in [0.2, 0.25) is 0 Å². The van der Waals surface area contributed by atoms with Gasteiger partial charge in [0.05, 0.1) is 11.4 Å². The molecule has 0 aliphatic rings. The summed E-state index contributed by atoms with van der Waals surface area (Å²) in [4.78, 5) is 0. The molecule has 2 nitrogen and oxygen atoms in total. The van der Waals surface area contributed by atoms with Gasteiger partial charge >= 0.3 is 0 Å². The van der Waals surface area contributed by atoms with Gasteiger partial charge < -0.3 is 11.1 Å². The average Bonchev–Trinajstić information content (AvgIpc) is 2.03. The highest BCUT2D eigenvalue weighted by Crippen LogP contribution is 2.22. The monoisotopic (exact) mass is 176 g/mol. The number of benzene rings is 1. The maximum Gasteiger partial charge on any atom is 0.0606 e. The van der Waals surface area contributed by atoms with Gasteiger partial charge in [-0.1, -0.05) is 24.3 Å². The van der Waals surface area contributed by atoms with Gasteiger partial charge in [0.1, 0.15) is 0 Å². The summed E-state index contributed by atoms with van der Waals surface area (Å²) in [5.74, 6) is 0. The van der Waals surface area contributed by atoms with E-state index < -0.39 is 0 Å². The summed E-state index contributed by atoms with van der Waals surface area (Å²) in [5.41, 5.74) is 9.89. The molecule has 70 valence electrons. The van der Waals surface area contributed by atoms with Crippen LogP contribution in [0.3, 0.4) is 0 Å². The maximum absolute atomic E-state index is 5.82. The van der Waals surface area contributed by atoms with Crippen LogP contribution in [0.1, 0.15) is 12.5 Å². The Bertz CT molecular complexity index is 296. The fourth-order valence-corrected chi connectivity index (χ4v) is 1.17. The van der Waals surface area contributed by atoms with E-state index in [4.69, 9.17) is 5.73 Å². The smallest absolute Gasteiger partial charge is 0.0606 e. The number of hydrogen-bond donors (Lipinski definition) is 2. The van der Waals surface area contributed by atoms with E-state index in [1.54, 1.807) is 0 Å². The molecule has 0 fully saturated rings. The summed E-state index contributed by atoms with van der Waals surface area (Å²) in [5, 5.41) is 3.26. The molecule has 0 amide bonds. The van der Waals surface area contributed by atoms with Crippen LogP contribution >= 0.6 is 0 Å². The van der Waals surface area contributed by atoms with Crippen molar-refractivity contribution in [1.29, 1.82) is 0 Å². The molecule has 0 unspecified atom stereocenters. The second kappa shape index (κ2) is 3.99. The molecule has 13 heavy (non-hydrogen) atoms. The maximum atomic E-state index is 5.82. The number of nitrogens with two attached hydrogens (primary N) is 1. The molecule has 0 heterocycles. The Hall–Kier alpha value is -1.44. The van der Waals surface area contributed by atoms with Gasteiger partial charge in [-0.25, -0.2) is 0 Å². The van der Waals surface area contributed by atoms with Crippen LogP contribution in [0.5, 0.6) is 0 Å². The van der Waals surface area contributed by atoms with Gasteiger partial charge in [0, 0.05) is 6.54 Å². The van der Waals surface area contributed by atoms with Crippen molar-refractivity contribution in [3.63, 3.8) is 0 Å². The Kier molecular flexibility index (Phi) is 2.96. The Labute approximate surface area is 79.5 Å². The topological polar surface area (TPSA) is 38.0 Å². The first kappa shape index (κ1) is 9.65. The summed E-state index contributed by atoms with van der Waals surface area (Å²) < 4.78 is 0. The van der Waals surface area contributed by atoms with Crippen LogP contribution in [0.25, 0.3) is 0 Å². The minimum Gasteiger partial charge on any atom is -0.397 e. The predicted octanol–water partition coefficient (Wildman–Crippen LogP) is 2.57. The Morgan fingerprint density at radius 2 is 2.23 bits per heavy atom. The number of nitrogen functional groups attached to an aromatic ring is 1. The molecule has 0 spiro atoms. The van der Waals surface area contributed by atoms with E-state index in [0.29, 0.717) is 0 Å². The summed E-state index contributed by atoms with van der Waals surface area (Å²) in [6, 6.07) is 5.89.